The average molecular weight is 420 g/mol. The molecule has 0 radical (unpaired) electrons. The summed E-state index contributed by atoms with van der Waals surface area (Å²) < 4.78 is 0. The van der Waals surface area contributed by atoms with Crippen molar-refractivity contribution in [2.45, 2.75) is 31.8 Å². The highest BCUT2D eigenvalue weighted by molar-refractivity contribution is 6.35. The molecule has 2 aromatic rings. The van der Waals surface area contributed by atoms with Crippen molar-refractivity contribution in [2.75, 3.05) is 13.1 Å². The smallest absolute Gasteiger partial charge is 0.317 e. The van der Waals surface area contributed by atoms with Gasteiger partial charge in [-0.25, -0.2) is 4.79 Å². The molecule has 28 heavy (non-hydrogen) atoms. The molecule has 1 atom stereocenters. The average Bonchev–Trinajstić information content (AvgIpc) is 2.69. The van der Waals surface area contributed by atoms with E-state index in [-0.39, 0.29) is 24.0 Å². The molecule has 148 valence electrons. The van der Waals surface area contributed by atoms with Gasteiger partial charge in [-0.2, -0.15) is 0 Å². The zero-order valence-corrected chi connectivity index (χ0v) is 17.1. The summed E-state index contributed by atoms with van der Waals surface area (Å²) in [4.78, 5) is 26.6. The first-order valence-electron chi connectivity index (χ1n) is 9.30. The van der Waals surface area contributed by atoms with E-state index in [4.69, 9.17) is 23.2 Å². The second-order valence-electron chi connectivity index (χ2n) is 6.94. The topological polar surface area (TPSA) is 61.4 Å². The number of piperidine rings is 1. The molecule has 0 aliphatic carbocycles. The molecule has 7 heteroatoms. The number of rotatable bonds is 4. The predicted molar refractivity (Wildman–Crippen MR) is 112 cm³/mol. The van der Waals surface area contributed by atoms with Gasteiger partial charge in [0.2, 0.25) is 0 Å². The lowest BCUT2D eigenvalue weighted by molar-refractivity contribution is 0.0917. The summed E-state index contributed by atoms with van der Waals surface area (Å²) in [6.45, 7) is 3.07. The minimum Gasteiger partial charge on any atom is -0.349 e. The van der Waals surface area contributed by atoms with E-state index in [1.54, 1.807) is 29.2 Å². The van der Waals surface area contributed by atoms with Crippen LogP contribution in [0.2, 0.25) is 10.0 Å². The Balaban J connectivity index is 1.49. The zero-order valence-electron chi connectivity index (χ0n) is 15.6. The SMILES string of the molecule is C[C@@H](NC(=O)N1CCC(NC(=O)c2ccccc2)CC1)c1ccc(Cl)cc1Cl. The van der Waals surface area contributed by atoms with Crippen LogP contribution in [0.1, 0.15) is 41.7 Å². The maximum Gasteiger partial charge on any atom is 0.317 e. The minimum absolute atomic E-state index is 0.0693. The van der Waals surface area contributed by atoms with E-state index >= 15 is 0 Å². The molecule has 0 bridgehead atoms. The van der Waals surface area contributed by atoms with Crippen LogP contribution >= 0.6 is 23.2 Å². The van der Waals surface area contributed by atoms with Crippen molar-refractivity contribution in [3.63, 3.8) is 0 Å². The normalized spacial score (nSPS) is 15.8. The van der Waals surface area contributed by atoms with Crippen LogP contribution in [0.5, 0.6) is 0 Å². The maximum absolute atomic E-state index is 12.6. The lowest BCUT2D eigenvalue weighted by atomic mass is 10.0. The fraction of sp³-hybridized carbons (Fsp3) is 0.333. The highest BCUT2D eigenvalue weighted by Crippen LogP contribution is 2.26. The zero-order chi connectivity index (χ0) is 20.1. The second kappa shape index (κ2) is 9.30. The van der Waals surface area contributed by atoms with Crippen molar-refractivity contribution in [2.24, 2.45) is 0 Å². The van der Waals surface area contributed by atoms with Gasteiger partial charge in [-0.3, -0.25) is 4.79 Å². The molecule has 2 aromatic carbocycles. The fourth-order valence-corrected chi connectivity index (χ4v) is 3.86. The van der Waals surface area contributed by atoms with Crippen LogP contribution < -0.4 is 10.6 Å². The van der Waals surface area contributed by atoms with E-state index in [1.807, 2.05) is 31.2 Å². The van der Waals surface area contributed by atoms with Gasteiger partial charge in [0.1, 0.15) is 0 Å². The number of halogens is 2. The summed E-state index contributed by atoms with van der Waals surface area (Å²) >= 11 is 12.2. The predicted octanol–water partition coefficient (Wildman–Crippen LogP) is 4.66. The Kier molecular flexibility index (Phi) is 6.81. The van der Waals surface area contributed by atoms with Gasteiger partial charge in [-0.05, 0) is 49.6 Å². The second-order valence-corrected chi connectivity index (χ2v) is 7.78. The number of hydrogen-bond acceptors (Lipinski definition) is 2. The van der Waals surface area contributed by atoms with E-state index in [1.165, 1.54) is 0 Å². The number of carbonyl (C=O) groups excluding carboxylic acids is 2. The Hall–Kier alpha value is -2.24. The maximum atomic E-state index is 12.6. The van der Waals surface area contributed by atoms with Crippen molar-refractivity contribution >= 4 is 35.1 Å². The van der Waals surface area contributed by atoms with Crippen LogP contribution in [0.4, 0.5) is 4.79 Å². The molecule has 0 saturated carbocycles. The Morgan fingerprint density at radius 1 is 1.07 bits per heavy atom. The van der Waals surface area contributed by atoms with Crippen LogP contribution in [-0.4, -0.2) is 36.0 Å². The van der Waals surface area contributed by atoms with Crippen LogP contribution in [0.25, 0.3) is 0 Å². The molecule has 0 spiro atoms. The van der Waals surface area contributed by atoms with Gasteiger partial charge < -0.3 is 15.5 Å². The van der Waals surface area contributed by atoms with Crippen molar-refractivity contribution in [1.29, 1.82) is 0 Å². The fourth-order valence-electron chi connectivity index (χ4n) is 3.29. The van der Waals surface area contributed by atoms with Crippen LogP contribution in [0.3, 0.4) is 0 Å². The number of likely N-dealkylation sites (tertiary alicyclic amines) is 1. The minimum atomic E-state index is -0.229. The van der Waals surface area contributed by atoms with Gasteiger partial charge in [0.05, 0.1) is 6.04 Å². The van der Waals surface area contributed by atoms with Crippen molar-refractivity contribution < 1.29 is 9.59 Å². The molecule has 0 aromatic heterocycles. The van der Waals surface area contributed by atoms with Gasteiger partial charge >= 0.3 is 6.03 Å². The molecule has 0 unspecified atom stereocenters. The van der Waals surface area contributed by atoms with Crippen molar-refractivity contribution in [1.82, 2.24) is 15.5 Å². The number of benzene rings is 2. The van der Waals surface area contributed by atoms with E-state index in [0.29, 0.717) is 28.7 Å². The summed E-state index contributed by atoms with van der Waals surface area (Å²) in [5, 5.41) is 7.12. The number of urea groups is 1. The number of nitrogens with one attached hydrogen (secondary N) is 2. The quantitative estimate of drug-likeness (QED) is 0.756. The molecule has 3 rings (SSSR count). The molecule has 5 nitrogen and oxygen atoms in total. The lowest BCUT2D eigenvalue weighted by Crippen LogP contribution is -2.49. The molecular formula is C21H23Cl2N3O2. The van der Waals surface area contributed by atoms with E-state index in [0.717, 1.165) is 18.4 Å². The van der Waals surface area contributed by atoms with Gasteiger partial charge in [-0.15, -0.1) is 0 Å². The summed E-state index contributed by atoms with van der Waals surface area (Å²) in [5.74, 6) is -0.0745. The van der Waals surface area contributed by atoms with Crippen LogP contribution in [0.15, 0.2) is 48.5 Å². The Bertz CT molecular complexity index is 837. The molecule has 1 aliphatic rings. The summed E-state index contributed by atoms with van der Waals surface area (Å²) in [6, 6.07) is 14.1. The van der Waals surface area contributed by atoms with E-state index < -0.39 is 0 Å². The number of nitrogens with zero attached hydrogens (tertiary/aromatic N) is 1. The first-order chi connectivity index (χ1) is 13.4. The highest BCUT2D eigenvalue weighted by atomic mass is 35.5. The van der Waals surface area contributed by atoms with Crippen molar-refractivity contribution in [3.05, 3.63) is 69.7 Å². The molecular weight excluding hydrogens is 397 g/mol. The van der Waals surface area contributed by atoms with Crippen LogP contribution in [0, 0.1) is 0 Å². The Morgan fingerprint density at radius 3 is 2.39 bits per heavy atom. The number of carbonyl (C=O) groups is 2. The van der Waals surface area contributed by atoms with Gasteiger partial charge in [0.15, 0.2) is 0 Å². The molecule has 1 fully saturated rings. The monoisotopic (exact) mass is 419 g/mol. The third-order valence-electron chi connectivity index (χ3n) is 4.92. The van der Waals surface area contributed by atoms with Gasteiger partial charge in [-0.1, -0.05) is 47.5 Å². The Labute approximate surface area is 175 Å². The van der Waals surface area contributed by atoms with E-state index in [2.05, 4.69) is 10.6 Å². The summed E-state index contributed by atoms with van der Waals surface area (Å²) in [5.41, 5.74) is 1.47. The standard InChI is InChI=1S/C21H23Cl2N3O2/c1-14(18-8-7-16(22)13-19(18)23)24-21(28)26-11-9-17(10-12-26)25-20(27)15-5-3-2-4-6-15/h2-8,13-14,17H,9-12H2,1H3,(H,24,28)(H,25,27)/t14-/m1/s1. The third kappa shape index (κ3) is 5.18. The Morgan fingerprint density at radius 2 is 1.75 bits per heavy atom. The molecule has 2 N–H and O–H groups in total. The lowest BCUT2D eigenvalue weighted by Gasteiger charge is -2.33. The van der Waals surface area contributed by atoms with E-state index in [9.17, 15) is 9.59 Å². The first-order valence-corrected chi connectivity index (χ1v) is 10.1. The first kappa shape index (κ1) is 20.5. The molecule has 1 aliphatic heterocycles. The number of amides is 3. The third-order valence-corrected chi connectivity index (χ3v) is 5.48. The largest absolute Gasteiger partial charge is 0.349 e. The summed E-state index contributed by atoms with van der Waals surface area (Å²) in [7, 11) is 0. The molecule has 1 heterocycles. The number of hydrogen-bond donors (Lipinski definition) is 2. The van der Waals surface area contributed by atoms with Gasteiger partial charge in [0, 0.05) is 34.7 Å². The molecule has 1 saturated heterocycles. The summed E-state index contributed by atoms with van der Waals surface area (Å²) in [6.07, 6.45) is 1.45. The molecule has 3 amide bonds. The van der Waals surface area contributed by atoms with Gasteiger partial charge in [0.25, 0.3) is 5.91 Å². The highest BCUT2D eigenvalue weighted by Gasteiger charge is 2.25. The van der Waals surface area contributed by atoms with Crippen molar-refractivity contribution in [3.8, 4) is 0 Å². The van der Waals surface area contributed by atoms with Crippen LogP contribution in [-0.2, 0) is 0 Å².